The standard InChI is InChI=1S/C18H25N3O4/c1-19(10-3-13-22)16-8-11-20(12-9-16)18(23)7-6-15-4-2-5-17(14-15)21(24)25/h2,4-7,14,16,22H,3,8-13H2,1H3/b7-6+. The van der Waals surface area contributed by atoms with E-state index in [0.29, 0.717) is 24.7 Å². The summed E-state index contributed by atoms with van der Waals surface area (Å²) < 4.78 is 0. The molecule has 2 rings (SSSR count). The quantitative estimate of drug-likeness (QED) is 0.462. The van der Waals surface area contributed by atoms with E-state index in [1.165, 1.54) is 18.2 Å². The molecule has 0 unspecified atom stereocenters. The summed E-state index contributed by atoms with van der Waals surface area (Å²) in [4.78, 5) is 26.7. The first-order valence-corrected chi connectivity index (χ1v) is 8.54. The number of nitro benzene ring substituents is 1. The Hall–Kier alpha value is -2.25. The number of carbonyl (C=O) groups excluding carboxylic acids is 1. The van der Waals surface area contributed by atoms with Gasteiger partial charge >= 0.3 is 0 Å². The summed E-state index contributed by atoms with van der Waals surface area (Å²) >= 11 is 0. The molecule has 1 amide bonds. The van der Waals surface area contributed by atoms with Crippen LogP contribution in [-0.4, -0.2) is 65.1 Å². The fraction of sp³-hybridized carbons (Fsp3) is 0.500. The van der Waals surface area contributed by atoms with Crippen LogP contribution in [0.25, 0.3) is 6.08 Å². The van der Waals surface area contributed by atoms with Crippen molar-refractivity contribution in [1.82, 2.24) is 9.80 Å². The van der Waals surface area contributed by atoms with Gasteiger partial charge in [0.25, 0.3) is 5.69 Å². The Bertz CT molecular complexity index is 625. The Kier molecular flexibility index (Phi) is 7.09. The van der Waals surface area contributed by atoms with Gasteiger partial charge in [0.1, 0.15) is 0 Å². The number of benzene rings is 1. The van der Waals surface area contributed by atoms with Gasteiger partial charge in [0.15, 0.2) is 0 Å². The van der Waals surface area contributed by atoms with Crippen molar-refractivity contribution >= 4 is 17.7 Å². The molecule has 0 atom stereocenters. The summed E-state index contributed by atoms with van der Waals surface area (Å²) in [6.45, 7) is 2.46. The molecular formula is C18H25N3O4. The van der Waals surface area contributed by atoms with Gasteiger partial charge in [-0.05, 0) is 37.9 Å². The largest absolute Gasteiger partial charge is 0.396 e. The smallest absolute Gasteiger partial charge is 0.270 e. The van der Waals surface area contributed by atoms with Gasteiger partial charge in [-0.1, -0.05) is 12.1 Å². The van der Waals surface area contributed by atoms with Crippen molar-refractivity contribution in [2.24, 2.45) is 0 Å². The SMILES string of the molecule is CN(CCCO)C1CCN(C(=O)/C=C/c2cccc([N+](=O)[O-])c2)CC1. The third-order valence-electron chi connectivity index (χ3n) is 4.57. The predicted molar refractivity (Wildman–Crippen MR) is 96.1 cm³/mol. The molecule has 1 aliphatic heterocycles. The minimum atomic E-state index is -0.447. The second kappa shape index (κ2) is 9.29. The Morgan fingerprint density at radius 2 is 2.16 bits per heavy atom. The molecule has 1 N–H and O–H groups in total. The Morgan fingerprint density at radius 1 is 1.44 bits per heavy atom. The summed E-state index contributed by atoms with van der Waals surface area (Å²) in [5, 5.41) is 19.7. The normalized spacial score (nSPS) is 15.9. The molecule has 7 nitrogen and oxygen atoms in total. The lowest BCUT2D eigenvalue weighted by atomic mass is 10.0. The van der Waals surface area contributed by atoms with Gasteiger partial charge in [0.2, 0.25) is 5.91 Å². The van der Waals surface area contributed by atoms with Gasteiger partial charge in [-0.2, -0.15) is 0 Å². The van der Waals surface area contributed by atoms with Crippen molar-refractivity contribution in [3.63, 3.8) is 0 Å². The molecular weight excluding hydrogens is 322 g/mol. The van der Waals surface area contributed by atoms with Gasteiger partial charge in [-0.25, -0.2) is 0 Å². The Balaban J connectivity index is 1.86. The van der Waals surface area contributed by atoms with E-state index in [1.54, 1.807) is 18.2 Å². The van der Waals surface area contributed by atoms with Gasteiger partial charge in [0, 0.05) is 50.5 Å². The Labute approximate surface area is 147 Å². The molecule has 1 aromatic rings. The van der Waals surface area contributed by atoms with E-state index < -0.39 is 4.92 Å². The molecule has 1 fully saturated rings. The highest BCUT2D eigenvalue weighted by Gasteiger charge is 2.23. The number of carbonyl (C=O) groups is 1. The zero-order chi connectivity index (χ0) is 18.2. The monoisotopic (exact) mass is 347 g/mol. The van der Waals surface area contributed by atoms with Crippen molar-refractivity contribution in [1.29, 1.82) is 0 Å². The fourth-order valence-electron chi connectivity index (χ4n) is 3.04. The van der Waals surface area contributed by atoms with Crippen LogP contribution in [-0.2, 0) is 4.79 Å². The topological polar surface area (TPSA) is 86.9 Å². The van der Waals surface area contributed by atoms with Crippen molar-refractivity contribution in [2.45, 2.75) is 25.3 Å². The highest BCUT2D eigenvalue weighted by Crippen LogP contribution is 2.17. The number of aliphatic hydroxyl groups excluding tert-OH is 1. The van der Waals surface area contributed by atoms with Crippen LogP contribution in [0, 0.1) is 10.1 Å². The van der Waals surface area contributed by atoms with Crippen molar-refractivity contribution < 1.29 is 14.8 Å². The molecule has 0 bridgehead atoms. The number of aliphatic hydroxyl groups is 1. The first-order chi connectivity index (χ1) is 12.0. The van der Waals surface area contributed by atoms with Crippen LogP contribution >= 0.6 is 0 Å². The highest BCUT2D eigenvalue weighted by atomic mass is 16.6. The fourth-order valence-corrected chi connectivity index (χ4v) is 3.04. The number of amides is 1. The van der Waals surface area contributed by atoms with Crippen LogP contribution in [0.4, 0.5) is 5.69 Å². The van der Waals surface area contributed by atoms with Crippen LogP contribution in [0.2, 0.25) is 0 Å². The molecule has 136 valence electrons. The van der Waals surface area contributed by atoms with Crippen LogP contribution in [0.3, 0.4) is 0 Å². The molecule has 0 aliphatic carbocycles. The number of piperidine rings is 1. The summed E-state index contributed by atoms with van der Waals surface area (Å²) in [6, 6.07) is 6.66. The molecule has 1 aliphatic rings. The average Bonchev–Trinajstić information content (AvgIpc) is 2.64. The molecule has 7 heteroatoms. The second-order valence-electron chi connectivity index (χ2n) is 6.30. The van der Waals surface area contributed by atoms with E-state index in [-0.39, 0.29) is 18.2 Å². The molecule has 1 aromatic carbocycles. The maximum atomic E-state index is 12.3. The Morgan fingerprint density at radius 3 is 2.80 bits per heavy atom. The maximum absolute atomic E-state index is 12.3. The van der Waals surface area contributed by atoms with Gasteiger partial charge in [-0.15, -0.1) is 0 Å². The lowest BCUT2D eigenvalue weighted by Crippen LogP contribution is -2.45. The van der Waals surface area contributed by atoms with E-state index >= 15 is 0 Å². The molecule has 0 spiro atoms. The lowest BCUT2D eigenvalue weighted by molar-refractivity contribution is -0.384. The van der Waals surface area contributed by atoms with Crippen LogP contribution < -0.4 is 0 Å². The number of non-ortho nitro benzene ring substituents is 1. The molecule has 0 radical (unpaired) electrons. The van der Waals surface area contributed by atoms with Crippen molar-refractivity contribution in [3.8, 4) is 0 Å². The second-order valence-corrected chi connectivity index (χ2v) is 6.30. The lowest BCUT2D eigenvalue weighted by Gasteiger charge is -2.36. The predicted octanol–water partition coefficient (Wildman–Crippen LogP) is 1.91. The van der Waals surface area contributed by atoms with E-state index in [1.807, 2.05) is 4.90 Å². The molecule has 0 saturated carbocycles. The molecule has 0 aromatic heterocycles. The number of nitro groups is 1. The third kappa shape index (κ3) is 5.65. The van der Waals surface area contributed by atoms with Gasteiger partial charge in [0.05, 0.1) is 4.92 Å². The molecule has 1 heterocycles. The average molecular weight is 347 g/mol. The number of hydrogen-bond acceptors (Lipinski definition) is 5. The highest BCUT2D eigenvalue weighted by molar-refractivity contribution is 5.91. The zero-order valence-electron chi connectivity index (χ0n) is 14.5. The van der Waals surface area contributed by atoms with Crippen molar-refractivity contribution in [3.05, 3.63) is 46.0 Å². The van der Waals surface area contributed by atoms with Crippen LogP contribution in [0.15, 0.2) is 30.3 Å². The minimum Gasteiger partial charge on any atom is -0.396 e. The van der Waals surface area contributed by atoms with Gasteiger partial charge < -0.3 is 14.9 Å². The van der Waals surface area contributed by atoms with E-state index in [4.69, 9.17) is 5.11 Å². The van der Waals surface area contributed by atoms with Crippen molar-refractivity contribution in [2.75, 3.05) is 33.3 Å². The zero-order valence-corrected chi connectivity index (χ0v) is 14.5. The number of rotatable bonds is 7. The van der Waals surface area contributed by atoms with E-state index in [0.717, 1.165) is 25.8 Å². The van der Waals surface area contributed by atoms with Crippen LogP contribution in [0.1, 0.15) is 24.8 Å². The third-order valence-corrected chi connectivity index (χ3v) is 4.57. The first-order valence-electron chi connectivity index (χ1n) is 8.54. The van der Waals surface area contributed by atoms with Gasteiger partial charge in [-0.3, -0.25) is 14.9 Å². The van der Waals surface area contributed by atoms with E-state index in [9.17, 15) is 14.9 Å². The summed E-state index contributed by atoms with van der Waals surface area (Å²) in [5.41, 5.74) is 0.655. The summed E-state index contributed by atoms with van der Waals surface area (Å²) in [5.74, 6) is -0.0667. The summed E-state index contributed by atoms with van der Waals surface area (Å²) in [7, 11) is 2.06. The maximum Gasteiger partial charge on any atom is 0.270 e. The molecule has 1 saturated heterocycles. The molecule has 25 heavy (non-hydrogen) atoms. The summed E-state index contributed by atoms with van der Waals surface area (Å²) in [6.07, 6.45) is 5.70. The number of likely N-dealkylation sites (tertiary alicyclic amines) is 1. The minimum absolute atomic E-state index is 0.0151. The van der Waals surface area contributed by atoms with Crippen LogP contribution in [0.5, 0.6) is 0 Å². The first kappa shape index (κ1) is 19.1. The van der Waals surface area contributed by atoms with E-state index in [2.05, 4.69) is 11.9 Å². The number of nitrogens with zero attached hydrogens (tertiary/aromatic N) is 3. The number of hydrogen-bond donors (Lipinski definition) is 1.